The molecule has 34 heavy (non-hydrogen) atoms. The lowest BCUT2D eigenvalue weighted by atomic mass is 9.95. The molecule has 5 rings (SSSR count). The van der Waals surface area contributed by atoms with Gasteiger partial charge in [-0.1, -0.05) is 19.3 Å². The van der Waals surface area contributed by atoms with Gasteiger partial charge in [-0.2, -0.15) is 0 Å². The monoisotopic (exact) mass is 472 g/mol. The minimum Gasteiger partial charge on any atom is -0.361 e. The number of hydrogen-bond acceptors (Lipinski definition) is 5. The van der Waals surface area contributed by atoms with Gasteiger partial charge in [0.25, 0.3) is 5.91 Å². The summed E-state index contributed by atoms with van der Waals surface area (Å²) < 4.78 is 44.9. The SMILES string of the molecule is O=C(NC1CCCCC1)c1ccn2c(-c3nc(N[C@@H]4CNCC[C@H]4F)c(F)cc3F)cnc2c1. The molecule has 1 aliphatic carbocycles. The highest BCUT2D eigenvalue weighted by atomic mass is 19.1. The minimum atomic E-state index is -1.16. The molecule has 180 valence electrons. The molecule has 0 unspecified atom stereocenters. The van der Waals surface area contributed by atoms with Crippen molar-refractivity contribution in [3.8, 4) is 11.4 Å². The molecule has 1 amide bonds. The second-order valence-electron chi connectivity index (χ2n) is 9.00. The molecule has 0 aromatic carbocycles. The number of carbonyl (C=O) groups excluding carboxylic acids is 1. The highest BCUT2D eigenvalue weighted by Gasteiger charge is 2.27. The molecule has 2 aliphatic rings. The van der Waals surface area contributed by atoms with Gasteiger partial charge in [0.2, 0.25) is 0 Å². The Balaban J connectivity index is 1.41. The van der Waals surface area contributed by atoms with Crippen LogP contribution in [0.25, 0.3) is 17.0 Å². The van der Waals surface area contributed by atoms with Crippen LogP contribution in [-0.4, -0.2) is 51.6 Å². The van der Waals surface area contributed by atoms with E-state index in [2.05, 4.69) is 25.9 Å². The average Bonchev–Trinajstić information content (AvgIpc) is 3.26. The van der Waals surface area contributed by atoms with Gasteiger partial charge in [-0.15, -0.1) is 0 Å². The summed E-state index contributed by atoms with van der Waals surface area (Å²) in [5, 5.41) is 8.88. The van der Waals surface area contributed by atoms with Crippen LogP contribution in [0.15, 0.2) is 30.6 Å². The highest BCUT2D eigenvalue weighted by Crippen LogP contribution is 2.27. The minimum absolute atomic E-state index is 0.116. The van der Waals surface area contributed by atoms with Crippen molar-refractivity contribution in [1.29, 1.82) is 0 Å². The van der Waals surface area contributed by atoms with Crippen LogP contribution in [0.4, 0.5) is 19.0 Å². The summed E-state index contributed by atoms with van der Waals surface area (Å²) in [4.78, 5) is 21.1. The molecule has 10 heteroatoms. The molecule has 3 aromatic heterocycles. The third kappa shape index (κ3) is 4.59. The summed E-state index contributed by atoms with van der Waals surface area (Å²) >= 11 is 0. The highest BCUT2D eigenvalue weighted by molar-refractivity contribution is 5.95. The number of rotatable bonds is 5. The summed E-state index contributed by atoms with van der Waals surface area (Å²) in [5.41, 5.74) is 1.08. The number of fused-ring (bicyclic) bond motifs is 1. The van der Waals surface area contributed by atoms with E-state index in [0.717, 1.165) is 31.7 Å². The first-order chi connectivity index (χ1) is 16.5. The number of halogens is 3. The van der Waals surface area contributed by atoms with Crippen molar-refractivity contribution in [3.05, 3.63) is 47.8 Å². The fraction of sp³-hybridized carbons (Fsp3) is 0.458. The molecule has 4 heterocycles. The summed E-state index contributed by atoms with van der Waals surface area (Å²) in [6.07, 6.45) is 7.57. The van der Waals surface area contributed by atoms with E-state index in [1.165, 1.54) is 12.6 Å². The second kappa shape index (κ2) is 9.61. The van der Waals surface area contributed by atoms with E-state index in [0.29, 0.717) is 36.4 Å². The van der Waals surface area contributed by atoms with Crippen molar-refractivity contribution in [3.63, 3.8) is 0 Å². The van der Waals surface area contributed by atoms with Gasteiger partial charge in [0.05, 0.1) is 17.9 Å². The van der Waals surface area contributed by atoms with Gasteiger partial charge in [-0.05, 0) is 37.9 Å². The first-order valence-electron chi connectivity index (χ1n) is 11.8. The molecular weight excluding hydrogens is 445 g/mol. The number of anilines is 1. The molecule has 7 nitrogen and oxygen atoms in total. The van der Waals surface area contributed by atoms with E-state index < -0.39 is 23.8 Å². The summed E-state index contributed by atoms with van der Waals surface area (Å²) in [6, 6.07) is 3.52. The number of nitrogens with zero attached hydrogens (tertiary/aromatic N) is 3. The number of pyridine rings is 2. The van der Waals surface area contributed by atoms with Crippen molar-refractivity contribution < 1.29 is 18.0 Å². The number of nitrogens with one attached hydrogen (secondary N) is 3. The van der Waals surface area contributed by atoms with Crippen molar-refractivity contribution in [2.75, 3.05) is 18.4 Å². The molecular formula is C24H27F3N6O. The summed E-state index contributed by atoms with van der Waals surface area (Å²) in [6.45, 7) is 0.864. The lowest BCUT2D eigenvalue weighted by Crippen LogP contribution is -2.46. The van der Waals surface area contributed by atoms with Crippen LogP contribution < -0.4 is 16.0 Å². The average molecular weight is 473 g/mol. The lowest BCUT2D eigenvalue weighted by Gasteiger charge is -2.28. The molecule has 0 bridgehead atoms. The second-order valence-corrected chi connectivity index (χ2v) is 9.00. The molecule has 1 saturated heterocycles. The van der Waals surface area contributed by atoms with Crippen molar-refractivity contribution in [1.82, 2.24) is 25.0 Å². The molecule has 2 atom stereocenters. The smallest absolute Gasteiger partial charge is 0.251 e. The van der Waals surface area contributed by atoms with Crippen LogP contribution in [0.1, 0.15) is 48.9 Å². The number of alkyl halides is 1. The standard InChI is InChI=1S/C24H27F3N6O/c25-16-6-8-28-12-19(16)31-23-18(27)11-17(26)22(32-23)20-13-29-21-10-14(7-9-33(20)21)24(34)30-15-4-2-1-3-5-15/h7,9-11,13,15-16,19,28H,1-6,8,12H2,(H,30,34)(H,31,32)/t16-,19-/m1/s1. The Morgan fingerprint density at radius 1 is 1.12 bits per heavy atom. The number of imidazole rings is 1. The fourth-order valence-electron chi connectivity index (χ4n) is 4.70. The third-order valence-electron chi connectivity index (χ3n) is 6.61. The van der Waals surface area contributed by atoms with Crippen LogP contribution >= 0.6 is 0 Å². The maximum Gasteiger partial charge on any atom is 0.251 e. The maximum atomic E-state index is 14.7. The number of amides is 1. The first kappa shape index (κ1) is 22.6. The van der Waals surface area contributed by atoms with Gasteiger partial charge in [-0.25, -0.2) is 23.1 Å². The van der Waals surface area contributed by atoms with E-state index in [-0.39, 0.29) is 23.5 Å². The van der Waals surface area contributed by atoms with Crippen LogP contribution in [0.5, 0.6) is 0 Å². The van der Waals surface area contributed by atoms with Crippen LogP contribution in [0.2, 0.25) is 0 Å². The number of piperidine rings is 1. The van der Waals surface area contributed by atoms with Gasteiger partial charge in [-0.3, -0.25) is 9.20 Å². The predicted octanol–water partition coefficient (Wildman–Crippen LogP) is 3.85. The Kier molecular flexibility index (Phi) is 6.40. The Hall–Kier alpha value is -3.14. The molecule has 3 N–H and O–H groups in total. The van der Waals surface area contributed by atoms with Crippen molar-refractivity contribution in [2.45, 2.75) is 56.8 Å². The van der Waals surface area contributed by atoms with E-state index >= 15 is 0 Å². The summed E-state index contributed by atoms with van der Waals surface area (Å²) in [5.74, 6) is -2.14. The molecule has 2 fully saturated rings. The number of carbonyl (C=O) groups is 1. The van der Waals surface area contributed by atoms with E-state index in [1.54, 1.807) is 22.7 Å². The fourth-order valence-corrected chi connectivity index (χ4v) is 4.70. The first-order valence-corrected chi connectivity index (χ1v) is 11.8. The topological polar surface area (TPSA) is 83.4 Å². The van der Waals surface area contributed by atoms with Crippen LogP contribution in [0.3, 0.4) is 0 Å². The number of hydrogen-bond donors (Lipinski definition) is 3. The molecule has 3 aromatic rings. The molecule has 1 saturated carbocycles. The Labute approximate surface area is 195 Å². The van der Waals surface area contributed by atoms with Gasteiger partial charge in [0.1, 0.15) is 17.5 Å². The largest absolute Gasteiger partial charge is 0.361 e. The maximum absolute atomic E-state index is 14.7. The zero-order valence-electron chi connectivity index (χ0n) is 18.7. The number of aromatic nitrogens is 3. The van der Waals surface area contributed by atoms with Crippen molar-refractivity contribution >= 4 is 17.4 Å². The lowest BCUT2D eigenvalue weighted by molar-refractivity contribution is 0.0927. The van der Waals surface area contributed by atoms with Crippen LogP contribution in [-0.2, 0) is 0 Å². The molecule has 0 radical (unpaired) electrons. The third-order valence-corrected chi connectivity index (χ3v) is 6.61. The van der Waals surface area contributed by atoms with E-state index in [1.807, 2.05) is 0 Å². The summed E-state index contributed by atoms with van der Waals surface area (Å²) in [7, 11) is 0. The van der Waals surface area contributed by atoms with Gasteiger partial charge >= 0.3 is 0 Å². The molecule has 0 spiro atoms. The van der Waals surface area contributed by atoms with Gasteiger partial charge < -0.3 is 16.0 Å². The van der Waals surface area contributed by atoms with Gasteiger partial charge in [0.15, 0.2) is 17.5 Å². The zero-order valence-corrected chi connectivity index (χ0v) is 18.7. The van der Waals surface area contributed by atoms with Crippen LogP contribution in [0, 0.1) is 11.6 Å². The quantitative estimate of drug-likeness (QED) is 0.526. The Morgan fingerprint density at radius 3 is 2.74 bits per heavy atom. The van der Waals surface area contributed by atoms with Gasteiger partial charge in [0, 0.05) is 30.4 Å². The van der Waals surface area contributed by atoms with Crippen molar-refractivity contribution in [2.24, 2.45) is 0 Å². The molecule has 1 aliphatic heterocycles. The zero-order chi connectivity index (χ0) is 23.7. The predicted molar refractivity (Wildman–Crippen MR) is 122 cm³/mol. The van der Waals surface area contributed by atoms with E-state index in [9.17, 15) is 18.0 Å². The Morgan fingerprint density at radius 2 is 1.94 bits per heavy atom. The normalized spacial score (nSPS) is 21.5. The van der Waals surface area contributed by atoms with E-state index in [4.69, 9.17) is 0 Å². The Bertz CT molecular complexity index is 1190.